The SMILES string of the molecule is COC(=O)C(C)CNCCNS(C)(=O)=O. The Morgan fingerprint density at radius 2 is 2.00 bits per heavy atom. The molecule has 0 rings (SSSR count). The van der Waals surface area contributed by atoms with Crippen molar-refractivity contribution in [3.8, 4) is 0 Å². The number of ether oxygens (including phenoxy) is 1. The Bertz CT molecular complexity index is 289. The molecule has 0 heterocycles. The zero-order valence-electron chi connectivity index (χ0n) is 9.24. The minimum atomic E-state index is -3.13. The monoisotopic (exact) mass is 238 g/mol. The van der Waals surface area contributed by atoms with Crippen molar-refractivity contribution in [2.24, 2.45) is 5.92 Å². The summed E-state index contributed by atoms with van der Waals surface area (Å²) < 4.78 is 28.2. The van der Waals surface area contributed by atoms with Crippen molar-refractivity contribution in [1.29, 1.82) is 0 Å². The molecular formula is C8H18N2O4S. The smallest absolute Gasteiger partial charge is 0.309 e. The third-order valence-corrected chi connectivity index (χ3v) is 2.45. The third kappa shape index (κ3) is 8.34. The van der Waals surface area contributed by atoms with Crippen molar-refractivity contribution >= 4 is 16.0 Å². The van der Waals surface area contributed by atoms with Crippen molar-refractivity contribution in [2.45, 2.75) is 6.92 Å². The number of nitrogens with one attached hydrogen (secondary N) is 2. The van der Waals surface area contributed by atoms with Gasteiger partial charge in [-0.3, -0.25) is 4.79 Å². The number of carbonyl (C=O) groups excluding carboxylic acids is 1. The number of rotatable bonds is 7. The minimum absolute atomic E-state index is 0.228. The zero-order valence-corrected chi connectivity index (χ0v) is 10.1. The first-order chi connectivity index (χ1) is 6.87. The van der Waals surface area contributed by atoms with Crippen LogP contribution < -0.4 is 10.0 Å². The lowest BCUT2D eigenvalue weighted by Crippen LogP contribution is -2.34. The van der Waals surface area contributed by atoms with E-state index in [-0.39, 0.29) is 11.9 Å². The van der Waals surface area contributed by atoms with E-state index in [1.165, 1.54) is 7.11 Å². The van der Waals surface area contributed by atoms with Gasteiger partial charge < -0.3 is 10.1 Å². The van der Waals surface area contributed by atoms with Gasteiger partial charge in [0.25, 0.3) is 0 Å². The fraction of sp³-hybridized carbons (Fsp3) is 0.875. The maximum absolute atomic E-state index is 11.0. The molecule has 90 valence electrons. The first-order valence-corrected chi connectivity index (χ1v) is 6.49. The quantitative estimate of drug-likeness (QED) is 0.436. The van der Waals surface area contributed by atoms with Gasteiger partial charge in [-0.1, -0.05) is 6.92 Å². The van der Waals surface area contributed by atoms with Crippen molar-refractivity contribution in [3.63, 3.8) is 0 Å². The summed E-state index contributed by atoms with van der Waals surface area (Å²) in [7, 11) is -1.79. The summed E-state index contributed by atoms with van der Waals surface area (Å²) in [6, 6.07) is 0. The fourth-order valence-corrected chi connectivity index (χ4v) is 1.40. The molecule has 0 bridgehead atoms. The van der Waals surface area contributed by atoms with Gasteiger partial charge in [-0.2, -0.15) is 0 Å². The van der Waals surface area contributed by atoms with Crippen molar-refractivity contribution in [2.75, 3.05) is 33.0 Å². The van der Waals surface area contributed by atoms with Gasteiger partial charge in [-0.25, -0.2) is 13.1 Å². The van der Waals surface area contributed by atoms with E-state index in [0.29, 0.717) is 19.6 Å². The molecule has 0 aromatic carbocycles. The Morgan fingerprint density at radius 3 is 2.47 bits per heavy atom. The molecule has 0 saturated carbocycles. The number of sulfonamides is 1. The van der Waals surface area contributed by atoms with Crippen LogP contribution >= 0.6 is 0 Å². The Balaban J connectivity index is 3.51. The van der Waals surface area contributed by atoms with Crippen molar-refractivity contribution in [1.82, 2.24) is 10.0 Å². The van der Waals surface area contributed by atoms with Gasteiger partial charge in [0.1, 0.15) is 0 Å². The van der Waals surface area contributed by atoms with Crippen molar-refractivity contribution in [3.05, 3.63) is 0 Å². The van der Waals surface area contributed by atoms with E-state index < -0.39 is 10.0 Å². The predicted molar refractivity (Wildman–Crippen MR) is 56.9 cm³/mol. The molecule has 0 amide bonds. The van der Waals surface area contributed by atoms with Crippen LogP contribution in [0.2, 0.25) is 0 Å². The van der Waals surface area contributed by atoms with E-state index in [2.05, 4.69) is 14.8 Å². The summed E-state index contributed by atoms with van der Waals surface area (Å²) in [6.45, 7) is 3.00. The Morgan fingerprint density at radius 1 is 1.40 bits per heavy atom. The molecule has 0 saturated heterocycles. The van der Waals surface area contributed by atoms with Crippen LogP contribution in [0.15, 0.2) is 0 Å². The van der Waals surface area contributed by atoms with Crippen LogP contribution in [0.25, 0.3) is 0 Å². The van der Waals surface area contributed by atoms with E-state index in [1.54, 1.807) is 6.92 Å². The van der Waals surface area contributed by atoms with Gasteiger partial charge in [0.15, 0.2) is 0 Å². The molecule has 0 aliphatic carbocycles. The van der Waals surface area contributed by atoms with Crippen LogP contribution in [0.3, 0.4) is 0 Å². The normalized spacial score (nSPS) is 13.5. The number of methoxy groups -OCH3 is 1. The summed E-state index contributed by atoms with van der Waals surface area (Å²) in [6.07, 6.45) is 1.10. The largest absolute Gasteiger partial charge is 0.469 e. The van der Waals surface area contributed by atoms with E-state index in [1.807, 2.05) is 0 Å². The summed E-state index contributed by atoms with van der Waals surface area (Å²) in [5.41, 5.74) is 0. The third-order valence-electron chi connectivity index (χ3n) is 1.72. The van der Waals surface area contributed by atoms with Gasteiger partial charge in [0.2, 0.25) is 10.0 Å². The van der Waals surface area contributed by atoms with Crippen LogP contribution in [-0.2, 0) is 19.6 Å². The highest BCUT2D eigenvalue weighted by Gasteiger charge is 2.11. The second-order valence-electron chi connectivity index (χ2n) is 3.29. The van der Waals surface area contributed by atoms with Crippen molar-refractivity contribution < 1.29 is 17.9 Å². The molecule has 7 heteroatoms. The Labute approximate surface area is 90.4 Å². The standard InChI is InChI=1S/C8H18N2O4S/c1-7(8(11)14-2)6-9-4-5-10-15(3,12)13/h7,9-10H,4-6H2,1-3H3. The van der Waals surface area contributed by atoms with Crippen LogP contribution in [-0.4, -0.2) is 47.4 Å². The number of esters is 1. The molecule has 1 unspecified atom stereocenters. The van der Waals surface area contributed by atoms with Crippen LogP contribution in [0.5, 0.6) is 0 Å². The topological polar surface area (TPSA) is 84.5 Å². The summed E-state index contributed by atoms with van der Waals surface area (Å²) in [5.74, 6) is -0.508. The second kappa shape index (κ2) is 6.76. The average molecular weight is 238 g/mol. The summed E-state index contributed by atoms with van der Waals surface area (Å²) in [5, 5.41) is 2.95. The Hall–Kier alpha value is -0.660. The predicted octanol–water partition coefficient (Wildman–Crippen LogP) is -1.07. The molecule has 2 N–H and O–H groups in total. The molecule has 0 aromatic rings. The van der Waals surface area contributed by atoms with Gasteiger partial charge >= 0.3 is 5.97 Å². The lowest BCUT2D eigenvalue weighted by atomic mass is 10.2. The molecule has 6 nitrogen and oxygen atoms in total. The first-order valence-electron chi connectivity index (χ1n) is 4.60. The first kappa shape index (κ1) is 14.3. The molecule has 0 aliphatic rings. The molecule has 0 fully saturated rings. The highest BCUT2D eigenvalue weighted by Crippen LogP contribution is 1.94. The highest BCUT2D eigenvalue weighted by atomic mass is 32.2. The van der Waals surface area contributed by atoms with E-state index in [4.69, 9.17) is 0 Å². The van der Waals surface area contributed by atoms with Crippen LogP contribution in [0.4, 0.5) is 0 Å². The fourth-order valence-electron chi connectivity index (χ4n) is 0.928. The molecular weight excluding hydrogens is 220 g/mol. The summed E-state index contributed by atoms with van der Waals surface area (Å²) >= 11 is 0. The molecule has 0 radical (unpaired) electrons. The van der Waals surface area contributed by atoms with Gasteiger partial charge in [0.05, 0.1) is 19.3 Å². The minimum Gasteiger partial charge on any atom is -0.469 e. The molecule has 0 spiro atoms. The molecule has 0 aromatic heterocycles. The van der Waals surface area contributed by atoms with Gasteiger partial charge in [-0.05, 0) is 0 Å². The number of hydrogen-bond donors (Lipinski definition) is 2. The van der Waals surface area contributed by atoms with E-state index >= 15 is 0 Å². The maximum atomic E-state index is 11.0. The maximum Gasteiger partial charge on any atom is 0.309 e. The zero-order chi connectivity index (χ0) is 11.9. The second-order valence-corrected chi connectivity index (χ2v) is 5.13. The number of carbonyl (C=O) groups is 1. The van der Waals surface area contributed by atoms with Crippen LogP contribution in [0.1, 0.15) is 6.92 Å². The lowest BCUT2D eigenvalue weighted by molar-refractivity contribution is -0.144. The van der Waals surface area contributed by atoms with E-state index in [0.717, 1.165) is 6.26 Å². The average Bonchev–Trinajstić information content (AvgIpc) is 2.14. The molecule has 0 aliphatic heterocycles. The van der Waals surface area contributed by atoms with Crippen LogP contribution in [0, 0.1) is 5.92 Å². The molecule has 15 heavy (non-hydrogen) atoms. The van der Waals surface area contributed by atoms with Gasteiger partial charge in [-0.15, -0.1) is 0 Å². The van der Waals surface area contributed by atoms with Gasteiger partial charge in [0, 0.05) is 19.6 Å². The lowest BCUT2D eigenvalue weighted by Gasteiger charge is -2.10. The Kier molecular flexibility index (Phi) is 6.46. The summed E-state index contributed by atoms with van der Waals surface area (Å²) in [4.78, 5) is 11.0. The highest BCUT2D eigenvalue weighted by molar-refractivity contribution is 7.88. The van der Waals surface area contributed by atoms with E-state index in [9.17, 15) is 13.2 Å². The molecule has 1 atom stereocenters. The number of hydrogen-bond acceptors (Lipinski definition) is 5.